The van der Waals surface area contributed by atoms with Gasteiger partial charge in [0.25, 0.3) is 0 Å². The van der Waals surface area contributed by atoms with Crippen LogP contribution in [0.5, 0.6) is 11.5 Å². The van der Waals surface area contributed by atoms with E-state index in [1.807, 2.05) is 72.8 Å². The predicted molar refractivity (Wildman–Crippen MR) is 168 cm³/mol. The van der Waals surface area contributed by atoms with Crippen LogP contribution in [0.2, 0.25) is 0 Å². The van der Waals surface area contributed by atoms with Crippen molar-refractivity contribution in [2.75, 3.05) is 13.2 Å². The standard InChI is InChI=1S/C36H32FNO7/c37-25-20-30(36-31(21-25)32(22-38(36)23-35(42)43)33(39)16-17-34(40)41)29-11-5-4-10-28(29)24-12-14-27(15-13-24)45-19-7-6-18-44-26-8-2-1-3-9-26/h1-5,8-15,20-22H,6-7,16-19,23H2,(H,40,41)(H,42,43). The van der Waals surface area contributed by atoms with Gasteiger partial charge in [0.15, 0.2) is 5.78 Å². The molecule has 1 aromatic heterocycles. The van der Waals surface area contributed by atoms with Gasteiger partial charge in [0, 0.05) is 29.1 Å². The van der Waals surface area contributed by atoms with E-state index in [-0.39, 0.29) is 17.4 Å². The number of halogens is 1. The Balaban J connectivity index is 1.38. The largest absolute Gasteiger partial charge is 0.494 e. The van der Waals surface area contributed by atoms with E-state index in [1.54, 1.807) is 6.07 Å². The summed E-state index contributed by atoms with van der Waals surface area (Å²) < 4.78 is 28.2. The SMILES string of the molecule is O=C(O)CCC(=O)c1cn(CC(=O)O)c2c(-c3ccccc3-c3ccc(OCCCCOc4ccccc4)cc3)cc(F)cc12. The molecule has 0 aliphatic carbocycles. The molecule has 8 nitrogen and oxygen atoms in total. The minimum atomic E-state index is -1.14. The number of carboxylic acid groups (broad SMARTS) is 2. The number of fused-ring (bicyclic) bond motifs is 1. The molecular formula is C36H32FNO7. The van der Waals surface area contributed by atoms with Crippen molar-refractivity contribution in [3.05, 3.63) is 109 Å². The summed E-state index contributed by atoms with van der Waals surface area (Å²) >= 11 is 0. The first kappa shape index (κ1) is 31.0. The van der Waals surface area contributed by atoms with Gasteiger partial charge in [-0.15, -0.1) is 0 Å². The fourth-order valence-electron chi connectivity index (χ4n) is 5.26. The molecule has 0 saturated carbocycles. The topological polar surface area (TPSA) is 115 Å². The van der Waals surface area contributed by atoms with Gasteiger partial charge in [-0.2, -0.15) is 0 Å². The summed E-state index contributed by atoms with van der Waals surface area (Å²) in [6, 6.07) is 27.1. The van der Waals surface area contributed by atoms with Gasteiger partial charge < -0.3 is 24.3 Å². The number of hydrogen-bond acceptors (Lipinski definition) is 5. The number of aromatic nitrogens is 1. The molecule has 0 aliphatic heterocycles. The molecule has 0 saturated heterocycles. The average molecular weight is 610 g/mol. The number of ketones is 1. The van der Waals surface area contributed by atoms with Gasteiger partial charge in [0.05, 0.1) is 25.2 Å². The fraction of sp³-hybridized carbons (Fsp3) is 0.194. The molecular weight excluding hydrogens is 577 g/mol. The first-order chi connectivity index (χ1) is 21.8. The van der Waals surface area contributed by atoms with E-state index in [2.05, 4.69) is 0 Å². The molecule has 0 atom stereocenters. The summed E-state index contributed by atoms with van der Waals surface area (Å²) in [7, 11) is 0. The summed E-state index contributed by atoms with van der Waals surface area (Å²) in [5, 5.41) is 18.9. The molecule has 0 aliphatic rings. The maximum atomic E-state index is 15.1. The van der Waals surface area contributed by atoms with Crippen molar-refractivity contribution < 1.29 is 38.5 Å². The summed E-state index contributed by atoms with van der Waals surface area (Å²) in [4.78, 5) is 35.8. The number of para-hydroxylation sites is 1. The van der Waals surface area contributed by atoms with Crippen LogP contribution in [0.3, 0.4) is 0 Å². The van der Waals surface area contributed by atoms with Crippen molar-refractivity contribution in [1.29, 1.82) is 0 Å². The highest BCUT2D eigenvalue weighted by Crippen LogP contribution is 2.39. The minimum Gasteiger partial charge on any atom is -0.494 e. The van der Waals surface area contributed by atoms with E-state index in [0.717, 1.165) is 29.7 Å². The summed E-state index contributed by atoms with van der Waals surface area (Å²) in [6.07, 6.45) is 2.36. The maximum absolute atomic E-state index is 15.1. The number of aliphatic carboxylic acids is 2. The molecule has 0 spiro atoms. The number of Topliss-reactive ketones (excluding diaryl/α,β-unsaturated/α-hetero) is 1. The Bertz CT molecular complexity index is 1810. The zero-order valence-electron chi connectivity index (χ0n) is 24.4. The number of nitrogens with zero attached hydrogens (tertiary/aromatic N) is 1. The van der Waals surface area contributed by atoms with Crippen LogP contribution in [-0.4, -0.2) is 45.7 Å². The second-order valence-electron chi connectivity index (χ2n) is 10.5. The molecule has 2 N–H and O–H groups in total. The van der Waals surface area contributed by atoms with Crippen molar-refractivity contribution in [2.24, 2.45) is 0 Å². The predicted octanol–water partition coefficient (Wildman–Crippen LogP) is 7.48. The average Bonchev–Trinajstić information content (AvgIpc) is 3.39. The number of hydrogen-bond donors (Lipinski definition) is 2. The number of carbonyl (C=O) groups is 3. The second kappa shape index (κ2) is 14.4. The van der Waals surface area contributed by atoms with Crippen molar-refractivity contribution in [1.82, 2.24) is 4.57 Å². The van der Waals surface area contributed by atoms with Crippen LogP contribution in [0.25, 0.3) is 33.2 Å². The monoisotopic (exact) mass is 609 g/mol. The molecule has 1 heterocycles. The van der Waals surface area contributed by atoms with Crippen LogP contribution in [0.4, 0.5) is 4.39 Å². The lowest BCUT2D eigenvalue weighted by Crippen LogP contribution is -2.08. The van der Waals surface area contributed by atoms with Gasteiger partial charge >= 0.3 is 11.9 Å². The highest BCUT2D eigenvalue weighted by molar-refractivity contribution is 6.12. The van der Waals surface area contributed by atoms with Crippen molar-refractivity contribution in [2.45, 2.75) is 32.2 Å². The fourth-order valence-corrected chi connectivity index (χ4v) is 5.26. The third-order valence-electron chi connectivity index (χ3n) is 7.31. The van der Waals surface area contributed by atoms with Crippen LogP contribution < -0.4 is 9.47 Å². The second-order valence-corrected chi connectivity index (χ2v) is 10.5. The van der Waals surface area contributed by atoms with Crippen molar-refractivity contribution in [3.63, 3.8) is 0 Å². The number of rotatable bonds is 15. The molecule has 0 unspecified atom stereocenters. The molecule has 230 valence electrons. The highest BCUT2D eigenvalue weighted by Gasteiger charge is 2.22. The Morgan fingerprint density at radius 2 is 1.31 bits per heavy atom. The van der Waals surface area contributed by atoms with Gasteiger partial charge in [0.2, 0.25) is 0 Å². The zero-order chi connectivity index (χ0) is 31.8. The molecule has 0 amide bonds. The smallest absolute Gasteiger partial charge is 0.323 e. The summed E-state index contributed by atoms with van der Waals surface area (Å²) in [6.45, 7) is 0.668. The number of carbonyl (C=O) groups excluding carboxylic acids is 1. The minimum absolute atomic E-state index is 0.0823. The molecule has 5 rings (SSSR count). The van der Waals surface area contributed by atoms with E-state index >= 15 is 4.39 Å². The maximum Gasteiger partial charge on any atom is 0.323 e. The lowest BCUT2D eigenvalue weighted by molar-refractivity contribution is -0.138. The van der Waals surface area contributed by atoms with Gasteiger partial charge in [0.1, 0.15) is 23.9 Å². The van der Waals surface area contributed by atoms with E-state index in [9.17, 15) is 19.5 Å². The van der Waals surface area contributed by atoms with Gasteiger partial charge in [-0.25, -0.2) is 4.39 Å². The number of unbranched alkanes of at least 4 members (excludes halogenated alkanes) is 1. The van der Waals surface area contributed by atoms with E-state index in [4.69, 9.17) is 14.6 Å². The lowest BCUT2D eigenvalue weighted by Gasteiger charge is -2.14. The van der Waals surface area contributed by atoms with Crippen LogP contribution in [0.1, 0.15) is 36.0 Å². The molecule has 0 radical (unpaired) electrons. The molecule has 4 aromatic carbocycles. The van der Waals surface area contributed by atoms with Crippen LogP contribution >= 0.6 is 0 Å². The Labute approximate surface area is 259 Å². The van der Waals surface area contributed by atoms with Gasteiger partial charge in [-0.05, 0) is 65.9 Å². The van der Waals surface area contributed by atoms with Crippen LogP contribution in [0, 0.1) is 5.82 Å². The normalized spacial score (nSPS) is 11.0. The molecule has 0 fully saturated rings. The summed E-state index contributed by atoms with van der Waals surface area (Å²) in [5.41, 5.74) is 3.12. The number of ether oxygens (including phenoxy) is 2. The van der Waals surface area contributed by atoms with Crippen LogP contribution in [0.15, 0.2) is 97.2 Å². The third-order valence-corrected chi connectivity index (χ3v) is 7.31. The number of carboxylic acids is 2. The summed E-state index contributed by atoms with van der Waals surface area (Å²) in [5.74, 6) is -1.84. The Hall–Kier alpha value is -5.44. The Morgan fingerprint density at radius 3 is 1.96 bits per heavy atom. The van der Waals surface area contributed by atoms with E-state index in [0.29, 0.717) is 35.6 Å². The quantitative estimate of drug-likeness (QED) is 0.0934. The van der Waals surface area contributed by atoms with Gasteiger partial charge in [-0.3, -0.25) is 14.4 Å². The first-order valence-electron chi connectivity index (χ1n) is 14.6. The first-order valence-corrected chi connectivity index (χ1v) is 14.6. The molecule has 45 heavy (non-hydrogen) atoms. The van der Waals surface area contributed by atoms with Gasteiger partial charge in [-0.1, -0.05) is 54.6 Å². The number of benzene rings is 4. The van der Waals surface area contributed by atoms with Crippen LogP contribution in [-0.2, 0) is 16.1 Å². The molecule has 0 bridgehead atoms. The zero-order valence-corrected chi connectivity index (χ0v) is 24.4. The Kier molecular flexibility index (Phi) is 9.89. The van der Waals surface area contributed by atoms with Crippen molar-refractivity contribution >= 4 is 28.6 Å². The highest BCUT2D eigenvalue weighted by atomic mass is 19.1. The molecule has 5 aromatic rings. The van der Waals surface area contributed by atoms with E-state index in [1.165, 1.54) is 22.9 Å². The van der Waals surface area contributed by atoms with Crippen molar-refractivity contribution in [3.8, 4) is 33.8 Å². The Morgan fingerprint density at radius 1 is 0.689 bits per heavy atom. The molecule has 9 heteroatoms. The van der Waals surface area contributed by atoms with E-state index < -0.39 is 36.5 Å². The lowest BCUT2D eigenvalue weighted by atomic mass is 9.92. The third kappa shape index (κ3) is 7.75.